The van der Waals surface area contributed by atoms with Crippen molar-refractivity contribution in [3.05, 3.63) is 10.6 Å². The zero-order valence-corrected chi connectivity index (χ0v) is 14.4. The third-order valence-corrected chi connectivity index (χ3v) is 5.94. The highest BCUT2D eigenvalue weighted by Crippen LogP contribution is 2.44. The van der Waals surface area contributed by atoms with Crippen molar-refractivity contribution in [3.63, 3.8) is 0 Å². The van der Waals surface area contributed by atoms with Gasteiger partial charge in [0.2, 0.25) is 0 Å². The molecular weight excluding hydrogens is 282 g/mol. The van der Waals surface area contributed by atoms with Crippen LogP contribution in [-0.4, -0.2) is 38.3 Å². The number of nitrogens with zero attached hydrogens (tertiary/aromatic N) is 2. The van der Waals surface area contributed by atoms with Crippen LogP contribution in [0.3, 0.4) is 0 Å². The maximum atomic E-state index is 5.75. The molecule has 4 nitrogen and oxygen atoms in total. The Labute approximate surface area is 131 Å². The largest absolute Gasteiger partial charge is 0.376 e. The van der Waals surface area contributed by atoms with Gasteiger partial charge in [-0.2, -0.15) is 0 Å². The monoisotopic (exact) mass is 309 g/mol. The fourth-order valence-electron chi connectivity index (χ4n) is 3.49. The Morgan fingerprint density at radius 3 is 2.95 bits per heavy atom. The number of anilines is 1. The Morgan fingerprint density at radius 2 is 2.29 bits per heavy atom. The number of nitrogens with one attached hydrogen (secondary N) is 1. The first kappa shape index (κ1) is 15.3. The van der Waals surface area contributed by atoms with E-state index in [0.717, 1.165) is 24.7 Å². The smallest absolute Gasteiger partial charge is 0.185 e. The van der Waals surface area contributed by atoms with Gasteiger partial charge in [-0.15, -0.1) is 0 Å². The van der Waals surface area contributed by atoms with Crippen LogP contribution in [0.5, 0.6) is 0 Å². The van der Waals surface area contributed by atoms with E-state index in [4.69, 9.17) is 9.72 Å². The number of hydrogen-bond acceptors (Lipinski definition) is 5. The fraction of sp³-hybridized carbons (Fsp3) is 0.812. The molecule has 0 bridgehead atoms. The molecule has 2 heterocycles. The number of hydrogen-bond donors (Lipinski definition) is 1. The first-order chi connectivity index (χ1) is 9.98. The molecule has 21 heavy (non-hydrogen) atoms. The molecule has 1 N–H and O–H groups in total. The molecule has 5 heteroatoms. The summed E-state index contributed by atoms with van der Waals surface area (Å²) in [5.74, 6) is 0. The number of likely N-dealkylation sites (N-methyl/N-ethyl adjacent to an activating group) is 1. The maximum absolute atomic E-state index is 5.75. The Balaban J connectivity index is 1.77. The zero-order chi connectivity index (χ0) is 15.0. The topological polar surface area (TPSA) is 37.4 Å². The second-order valence-electron chi connectivity index (χ2n) is 7.21. The van der Waals surface area contributed by atoms with E-state index in [2.05, 4.69) is 38.2 Å². The maximum Gasteiger partial charge on any atom is 0.185 e. The van der Waals surface area contributed by atoms with E-state index in [1.54, 1.807) is 0 Å². The minimum absolute atomic E-state index is 0.332. The Bertz CT molecular complexity index is 494. The van der Waals surface area contributed by atoms with E-state index < -0.39 is 0 Å². The van der Waals surface area contributed by atoms with E-state index in [-0.39, 0.29) is 0 Å². The summed E-state index contributed by atoms with van der Waals surface area (Å²) in [6, 6.07) is 0.450. The van der Waals surface area contributed by atoms with Crippen LogP contribution in [0.15, 0.2) is 0 Å². The van der Waals surface area contributed by atoms with Crippen molar-refractivity contribution in [3.8, 4) is 0 Å². The van der Waals surface area contributed by atoms with Crippen molar-refractivity contribution in [2.45, 2.75) is 51.7 Å². The van der Waals surface area contributed by atoms with Crippen molar-refractivity contribution in [2.75, 3.05) is 32.1 Å². The van der Waals surface area contributed by atoms with Gasteiger partial charge in [0.1, 0.15) is 0 Å². The van der Waals surface area contributed by atoms with Crippen LogP contribution in [0.1, 0.15) is 49.7 Å². The second-order valence-corrected chi connectivity index (χ2v) is 8.22. The first-order valence-corrected chi connectivity index (χ1v) is 8.80. The lowest BCUT2D eigenvalue weighted by Crippen LogP contribution is -2.30. The SMILES string of the molecule is CNC1CC(C)(C)Cc2nc(N(C)CC3CCCO3)sc21. The van der Waals surface area contributed by atoms with E-state index in [9.17, 15) is 0 Å². The number of ether oxygens (including phenoxy) is 1. The number of rotatable bonds is 4. The molecule has 2 atom stereocenters. The summed E-state index contributed by atoms with van der Waals surface area (Å²) in [6.45, 7) is 6.56. The molecule has 0 radical (unpaired) electrons. The molecule has 0 saturated carbocycles. The fourth-order valence-corrected chi connectivity index (χ4v) is 4.65. The Morgan fingerprint density at radius 1 is 1.48 bits per heavy atom. The zero-order valence-electron chi connectivity index (χ0n) is 13.6. The van der Waals surface area contributed by atoms with E-state index in [1.165, 1.54) is 29.8 Å². The average Bonchev–Trinajstić information content (AvgIpc) is 3.05. The molecule has 1 fully saturated rings. The number of aromatic nitrogens is 1. The second kappa shape index (κ2) is 5.86. The van der Waals surface area contributed by atoms with Gasteiger partial charge in [0, 0.05) is 31.1 Å². The molecule has 0 spiro atoms. The van der Waals surface area contributed by atoms with Crippen molar-refractivity contribution < 1.29 is 4.74 Å². The van der Waals surface area contributed by atoms with Crippen LogP contribution in [0.25, 0.3) is 0 Å². The summed E-state index contributed by atoms with van der Waals surface area (Å²) >= 11 is 1.86. The third-order valence-electron chi connectivity index (χ3n) is 4.61. The molecule has 0 aromatic carbocycles. The van der Waals surface area contributed by atoms with Crippen molar-refractivity contribution >= 4 is 16.5 Å². The molecule has 1 aromatic rings. The van der Waals surface area contributed by atoms with Gasteiger partial charge < -0.3 is 15.0 Å². The number of fused-ring (bicyclic) bond motifs is 1. The van der Waals surface area contributed by atoms with Crippen molar-refractivity contribution in [1.29, 1.82) is 0 Å². The molecule has 118 valence electrons. The third kappa shape index (κ3) is 3.25. The predicted octanol–water partition coefficient (Wildman–Crippen LogP) is 2.99. The van der Waals surface area contributed by atoms with Gasteiger partial charge >= 0.3 is 0 Å². The molecule has 2 unspecified atom stereocenters. The summed E-state index contributed by atoms with van der Waals surface area (Å²) in [7, 11) is 4.21. The van der Waals surface area contributed by atoms with Gasteiger partial charge in [-0.1, -0.05) is 25.2 Å². The highest BCUT2D eigenvalue weighted by atomic mass is 32.1. The molecule has 3 rings (SSSR count). The van der Waals surface area contributed by atoms with Crippen LogP contribution in [0.4, 0.5) is 5.13 Å². The Kier molecular flexibility index (Phi) is 4.26. The minimum atomic E-state index is 0.332. The summed E-state index contributed by atoms with van der Waals surface area (Å²) in [5, 5.41) is 4.62. The van der Waals surface area contributed by atoms with Gasteiger partial charge in [-0.25, -0.2) is 4.98 Å². The van der Waals surface area contributed by atoms with E-state index in [1.807, 2.05) is 11.3 Å². The summed E-state index contributed by atoms with van der Waals surface area (Å²) in [6.07, 6.45) is 5.04. The van der Waals surface area contributed by atoms with E-state index in [0.29, 0.717) is 17.6 Å². The van der Waals surface area contributed by atoms with Crippen LogP contribution in [0, 0.1) is 5.41 Å². The lowest BCUT2D eigenvalue weighted by atomic mass is 9.76. The minimum Gasteiger partial charge on any atom is -0.376 e. The van der Waals surface area contributed by atoms with Crippen LogP contribution in [-0.2, 0) is 11.2 Å². The normalized spacial score (nSPS) is 27.6. The molecule has 1 aliphatic carbocycles. The predicted molar refractivity (Wildman–Crippen MR) is 88.3 cm³/mol. The standard InChI is InChI=1S/C16H27N3OS/c1-16(2)8-12(17-3)14-13(9-16)18-15(21-14)19(4)10-11-6-5-7-20-11/h11-12,17H,5-10H2,1-4H3. The Hall–Kier alpha value is -0.650. The molecule has 1 aromatic heterocycles. The number of thiazole rings is 1. The van der Waals surface area contributed by atoms with Crippen LogP contribution < -0.4 is 10.2 Å². The highest BCUT2D eigenvalue weighted by Gasteiger charge is 2.35. The summed E-state index contributed by atoms with van der Waals surface area (Å²) < 4.78 is 5.75. The summed E-state index contributed by atoms with van der Waals surface area (Å²) in [5.41, 5.74) is 1.63. The first-order valence-electron chi connectivity index (χ1n) is 7.98. The molecular formula is C16H27N3OS. The van der Waals surface area contributed by atoms with Crippen LogP contribution in [0.2, 0.25) is 0 Å². The molecule has 0 amide bonds. The van der Waals surface area contributed by atoms with Gasteiger partial charge in [0.25, 0.3) is 0 Å². The summed E-state index contributed by atoms with van der Waals surface area (Å²) in [4.78, 5) is 8.65. The highest BCUT2D eigenvalue weighted by molar-refractivity contribution is 7.15. The van der Waals surface area contributed by atoms with E-state index >= 15 is 0 Å². The van der Waals surface area contributed by atoms with Crippen LogP contribution >= 0.6 is 11.3 Å². The average molecular weight is 309 g/mol. The van der Waals surface area contributed by atoms with Gasteiger partial charge in [-0.05, 0) is 38.1 Å². The molecule has 1 saturated heterocycles. The van der Waals surface area contributed by atoms with Gasteiger partial charge in [0.05, 0.1) is 11.8 Å². The molecule has 2 aliphatic rings. The van der Waals surface area contributed by atoms with Gasteiger partial charge in [-0.3, -0.25) is 0 Å². The van der Waals surface area contributed by atoms with Gasteiger partial charge in [0.15, 0.2) is 5.13 Å². The van der Waals surface area contributed by atoms with Crippen molar-refractivity contribution in [1.82, 2.24) is 10.3 Å². The quantitative estimate of drug-likeness (QED) is 0.928. The lowest BCUT2D eigenvalue weighted by molar-refractivity contribution is 0.116. The van der Waals surface area contributed by atoms with Crippen molar-refractivity contribution in [2.24, 2.45) is 5.41 Å². The molecule has 1 aliphatic heterocycles. The lowest BCUT2D eigenvalue weighted by Gasteiger charge is -2.34.